The van der Waals surface area contributed by atoms with Crippen LogP contribution in [0, 0.1) is 5.41 Å². The quantitative estimate of drug-likeness (QED) is 0.871. The van der Waals surface area contributed by atoms with E-state index in [9.17, 15) is 14.7 Å². The summed E-state index contributed by atoms with van der Waals surface area (Å²) >= 11 is 0. The molecule has 1 saturated heterocycles. The van der Waals surface area contributed by atoms with Gasteiger partial charge >= 0.3 is 12.0 Å². The van der Waals surface area contributed by atoms with Crippen molar-refractivity contribution in [3.05, 3.63) is 0 Å². The summed E-state index contributed by atoms with van der Waals surface area (Å²) in [6.07, 6.45) is 7.03. The molecule has 0 aromatic rings. The molecule has 2 amide bonds. The molecule has 1 heterocycles. The first-order chi connectivity index (χ1) is 9.98. The first-order valence-corrected chi connectivity index (χ1v) is 8.27. The molecule has 0 aromatic heterocycles. The van der Waals surface area contributed by atoms with Crippen molar-refractivity contribution >= 4 is 12.0 Å². The largest absolute Gasteiger partial charge is 0.481 e. The first kappa shape index (κ1) is 16.1. The lowest BCUT2D eigenvalue weighted by atomic mass is 9.80. The van der Waals surface area contributed by atoms with E-state index in [0.717, 1.165) is 19.4 Å². The summed E-state index contributed by atoms with van der Waals surface area (Å²) in [6, 6.07) is 0.487. The van der Waals surface area contributed by atoms with Gasteiger partial charge in [-0.1, -0.05) is 19.3 Å². The number of carboxylic acid groups (broad SMARTS) is 1. The average molecular weight is 296 g/mol. The van der Waals surface area contributed by atoms with Crippen LogP contribution in [0.15, 0.2) is 0 Å². The molecule has 5 heteroatoms. The van der Waals surface area contributed by atoms with E-state index in [2.05, 4.69) is 0 Å². The van der Waals surface area contributed by atoms with Gasteiger partial charge in [-0.25, -0.2) is 4.79 Å². The fourth-order valence-corrected chi connectivity index (χ4v) is 3.53. The van der Waals surface area contributed by atoms with Crippen LogP contribution in [0.3, 0.4) is 0 Å². The number of aliphatic carboxylic acids is 1. The second-order valence-electron chi connectivity index (χ2n) is 6.71. The highest BCUT2D eigenvalue weighted by atomic mass is 16.4. The highest BCUT2D eigenvalue weighted by Gasteiger charge is 2.39. The lowest BCUT2D eigenvalue weighted by Crippen LogP contribution is -2.52. The Labute approximate surface area is 127 Å². The maximum atomic E-state index is 12.7. The summed E-state index contributed by atoms with van der Waals surface area (Å²) in [5.74, 6) is -0.741. The number of carbonyl (C=O) groups is 2. The highest BCUT2D eigenvalue weighted by molar-refractivity contribution is 5.77. The van der Waals surface area contributed by atoms with Crippen LogP contribution in [0.4, 0.5) is 4.79 Å². The summed E-state index contributed by atoms with van der Waals surface area (Å²) in [7, 11) is 0. The van der Waals surface area contributed by atoms with Crippen LogP contribution < -0.4 is 0 Å². The summed E-state index contributed by atoms with van der Waals surface area (Å²) in [5.41, 5.74) is -0.668. The van der Waals surface area contributed by atoms with Crippen LogP contribution >= 0.6 is 0 Å². The second-order valence-corrected chi connectivity index (χ2v) is 6.71. The normalized spacial score (nSPS) is 22.9. The summed E-state index contributed by atoms with van der Waals surface area (Å²) in [5, 5.41) is 9.27. The van der Waals surface area contributed by atoms with E-state index < -0.39 is 11.4 Å². The molecule has 2 fully saturated rings. The van der Waals surface area contributed by atoms with Gasteiger partial charge in [0.2, 0.25) is 0 Å². The van der Waals surface area contributed by atoms with Gasteiger partial charge in [0.1, 0.15) is 0 Å². The summed E-state index contributed by atoms with van der Waals surface area (Å²) < 4.78 is 0. The number of piperidine rings is 1. The van der Waals surface area contributed by atoms with Gasteiger partial charge < -0.3 is 14.9 Å². The molecule has 120 valence electrons. The SMILES string of the molecule is CCN(C(=O)N1CCC(C)(C(=O)O)CC1)C1CCCCC1. The van der Waals surface area contributed by atoms with E-state index in [1.54, 1.807) is 6.92 Å². The van der Waals surface area contributed by atoms with Crippen molar-refractivity contribution in [2.24, 2.45) is 5.41 Å². The van der Waals surface area contributed by atoms with Crippen molar-refractivity contribution < 1.29 is 14.7 Å². The average Bonchev–Trinajstić information content (AvgIpc) is 2.49. The molecular formula is C16H28N2O3. The van der Waals surface area contributed by atoms with Gasteiger partial charge in [0, 0.05) is 25.7 Å². The molecule has 0 radical (unpaired) electrons. The maximum Gasteiger partial charge on any atom is 0.320 e. The number of likely N-dealkylation sites (tertiary alicyclic amines) is 1. The smallest absolute Gasteiger partial charge is 0.320 e. The van der Waals surface area contributed by atoms with Crippen LogP contribution in [0.1, 0.15) is 58.8 Å². The van der Waals surface area contributed by atoms with E-state index in [0.29, 0.717) is 32.0 Å². The Hall–Kier alpha value is -1.26. The molecule has 1 aliphatic carbocycles. The molecule has 5 nitrogen and oxygen atoms in total. The van der Waals surface area contributed by atoms with E-state index in [1.807, 2.05) is 16.7 Å². The molecule has 21 heavy (non-hydrogen) atoms. The van der Waals surface area contributed by atoms with Crippen molar-refractivity contribution in [3.63, 3.8) is 0 Å². The van der Waals surface area contributed by atoms with Crippen molar-refractivity contribution in [3.8, 4) is 0 Å². The number of carboxylic acids is 1. The number of hydrogen-bond acceptors (Lipinski definition) is 2. The number of nitrogens with zero attached hydrogens (tertiary/aromatic N) is 2. The second kappa shape index (κ2) is 6.67. The number of hydrogen-bond donors (Lipinski definition) is 1. The topological polar surface area (TPSA) is 60.9 Å². The standard InChI is InChI=1S/C16H28N2O3/c1-3-18(13-7-5-4-6-8-13)15(21)17-11-9-16(2,10-12-17)14(19)20/h13H,3-12H2,1-2H3,(H,19,20). The first-order valence-electron chi connectivity index (χ1n) is 8.27. The Morgan fingerprint density at radius 3 is 2.24 bits per heavy atom. The Balaban J connectivity index is 1.95. The predicted octanol–water partition coefficient (Wildman–Crippen LogP) is 2.95. The van der Waals surface area contributed by atoms with Crippen LogP contribution in [-0.2, 0) is 4.79 Å². The summed E-state index contributed by atoms with van der Waals surface area (Å²) in [6.45, 7) is 5.69. The van der Waals surface area contributed by atoms with Crippen molar-refractivity contribution in [1.82, 2.24) is 9.80 Å². The minimum absolute atomic E-state index is 0.108. The van der Waals surface area contributed by atoms with Crippen LogP contribution in [0.5, 0.6) is 0 Å². The van der Waals surface area contributed by atoms with E-state index >= 15 is 0 Å². The Morgan fingerprint density at radius 2 is 1.76 bits per heavy atom. The van der Waals surface area contributed by atoms with Gasteiger partial charge in [-0.3, -0.25) is 4.79 Å². The van der Waals surface area contributed by atoms with Crippen LogP contribution in [-0.4, -0.2) is 52.6 Å². The summed E-state index contributed by atoms with van der Waals surface area (Å²) in [4.78, 5) is 27.8. The fourth-order valence-electron chi connectivity index (χ4n) is 3.53. The molecule has 0 spiro atoms. The number of rotatable bonds is 3. The fraction of sp³-hybridized carbons (Fsp3) is 0.875. The van der Waals surface area contributed by atoms with Crippen LogP contribution in [0.2, 0.25) is 0 Å². The molecular weight excluding hydrogens is 268 g/mol. The van der Waals surface area contributed by atoms with E-state index in [4.69, 9.17) is 0 Å². The minimum atomic E-state index is -0.741. The van der Waals surface area contributed by atoms with Crippen molar-refractivity contribution in [1.29, 1.82) is 0 Å². The molecule has 0 aromatic carbocycles. The maximum absolute atomic E-state index is 12.7. The number of urea groups is 1. The molecule has 1 aliphatic heterocycles. The molecule has 2 aliphatic rings. The zero-order valence-electron chi connectivity index (χ0n) is 13.3. The molecule has 2 rings (SSSR count). The van der Waals surface area contributed by atoms with Gasteiger partial charge in [0.15, 0.2) is 0 Å². The minimum Gasteiger partial charge on any atom is -0.481 e. The zero-order valence-corrected chi connectivity index (χ0v) is 13.3. The van der Waals surface area contributed by atoms with Gasteiger partial charge in [0.25, 0.3) is 0 Å². The van der Waals surface area contributed by atoms with Gasteiger partial charge in [-0.05, 0) is 39.5 Å². The number of carbonyl (C=O) groups excluding carboxylic acids is 1. The predicted molar refractivity (Wildman–Crippen MR) is 81.2 cm³/mol. The van der Waals surface area contributed by atoms with E-state index in [1.165, 1.54) is 19.3 Å². The molecule has 0 unspecified atom stereocenters. The Kier molecular flexibility index (Phi) is 5.12. The number of amides is 2. The lowest BCUT2D eigenvalue weighted by molar-refractivity contribution is -0.150. The van der Waals surface area contributed by atoms with Gasteiger partial charge in [0.05, 0.1) is 5.41 Å². The molecule has 1 N–H and O–H groups in total. The van der Waals surface area contributed by atoms with Crippen LogP contribution in [0.25, 0.3) is 0 Å². The third-order valence-corrected chi connectivity index (χ3v) is 5.26. The van der Waals surface area contributed by atoms with Crippen molar-refractivity contribution in [2.75, 3.05) is 19.6 Å². The zero-order chi connectivity index (χ0) is 15.5. The third kappa shape index (κ3) is 3.50. The molecule has 0 atom stereocenters. The Bertz CT molecular complexity index is 383. The monoisotopic (exact) mass is 296 g/mol. The lowest BCUT2D eigenvalue weighted by Gasteiger charge is -2.41. The molecule has 0 bridgehead atoms. The highest BCUT2D eigenvalue weighted by Crippen LogP contribution is 2.32. The van der Waals surface area contributed by atoms with Gasteiger partial charge in [-0.15, -0.1) is 0 Å². The van der Waals surface area contributed by atoms with Crippen molar-refractivity contribution in [2.45, 2.75) is 64.8 Å². The Morgan fingerprint density at radius 1 is 1.19 bits per heavy atom. The third-order valence-electron chi connectivity index (χ3n) is 5.26. The molecule has 1 saturated carbocycles. The van der Waals surface area contributed by atoms with E-state index in [-0.39, 0.29) is 6.03 Å². The van der Waals surface area contributed by atoms with Gasteiger partial charge in [-0.2, -0.15) is 0 Å².